The van der Waals surface area contributed by atoms with Gasteiger partial charge in [-0.3, -0.25) is 4.79 Å². The summed E-state index contributed by atoms with van der Waals surface area (Å²) in [6.07, 6.45) is 3.27. The molecule has 0 atom stereocenters. The number of rotatable bonds is 6. The van der Waals surface area contributed by atoms with Gasteiger partial charge >= 0.3 is 0 Å². The topological polar surface area (TPSA) is 83.5 Å². The van der Waals surface area contributed by atoms with Crippen molar-refractivity contribution in [1.29, 1.82) is 0 Å². The molecule has 8 nitrogen and oxygen atoms in total. The van der Waals surface area contributed by atoms with Gasteiger partial charge in [-0.05, 0) is 37.3 Å². The molecule has 1 aliphatic heterocycles. The Labute approximate surface area is 179 Å². The molecule has 2 aromatic heterocycles. The largest absolute Gasteiger partial charge is 0.478 e. The molecule has 1 amide bonds. The second-order valence-corrected chi connectivity index (χ2v) is 6.94. The highest BCUT2D eigenvalue weighted by Gasteiger charge is 2.25. The average Bonchev–Trinajstić information content (AvgIpc) is 2.80. The number of carbonyl (C=O) groups is 1. The van der Waals surface area contributed by atoms with Crippen molar-refractivity contribution >= 4 is 23.4 Å². The molecule has 0 radical (unpaired) electrons. The van der Waals surface area contributed by atoms with Gasteiger partial charge in [0.2, 0.25) is 11.8 Å². The number of anilines is 3. The summed E-state index contributed by atoms with van der Waals surface area (Å²) in [5, 5.41) is 3.04. The van der Waals surface area contributed by atoms with E-state index < -0.39 is 0 Å². The Hall–Kier alpha value is -3.75. The van der Waals surface area contributed by atoms with E-state index in [4.69, 9.17) is 4.74 Å². The molecule has 4 rings (SSSR count). The van der Waals surface area contributed by atoms with Crippen LogP contribution in [0.1, 0.15) is 17.3 Å². The number of aromatic nitrogens is 3. The van der Waals surface area contributed by atoms with Gasteiger partial charge in [-0.2, -0.15) is 4.98 Å². The lowest BCUT2D eigenvalue weighted by atomic mass is 10.2. The Balaban J connectivity index is 1.44. The van der Waals surface area contributed by atoms with Gasteiger partial charge < -0.3 is 19.9 Å². The predicted molar refractivity (Wildman–Crippen MR) is 115 cm³/mol. The third-order valence-electron chi connectivity index (χ3n) is 4.88. The third-order valence-corrected chi connectivity index (χ3v) is 4.88. The van der Waals surface area contributed by atoms with Crippen LogP contribution in [0.4, 0.5) is 21.8 Å². The van der Waals surface area contributed by atoms with E-state index >= 15 is 0 Å². The molecule has 3 aromatic rings. The van der Waals surface area contributed by atoms with Crippen LogP contribution in [0.25, 0.3) is 0 Å². The van der Waals surface area contributed by atoms with Gasteiger partial charge in [0.05, 0.1) is 12.2 Å². The molecule has 1 fully saturated rings. The summed E-state index contributed by atoms with van der Waals surface area (Å²) in [6, 6.07) is 11.2. The number of hydrogen-bond acceptors (Lipinski definition) is 7. The highest BCUT2D eigenvalue weighted by molar-refractivity contribution is 5.99. The van der Waals surface area contributed by atoms with E-state index in [9.17, 15) is 9.18 Å². The normalized spacial score (nSPS) is 13.7. The molecule has 0 aliphatic carbocycles. The zero-order valence-corrected chi connectivity index (χ0v) is 17.2. The zero-order chi connectivity index (χ0) is 21.6. The van der Waals surface area contributed by atoms with Crippen LogP contribution in [-0.2, 0) is 0 Å². The summed E-state index contributed by atoms with van der Waals surface area (Å²) < 4.78 is 19.0. The fourth-order valence-electron chi connectivity index (χ4n) is 3.37. The van der Waals surface area contributed by atoms with Crippen LogP contribution in [0.15, 0.2) is 54.9 Å². The van der Waals surface area contributed by atoms with Crippen LogP contribution >= 0.6 is 0 Å². The first kappa shape index (κ1) is 20.5. The van der Waals surface area contributed by atoms with Gasteiger partial charge in [0.15, 0.2) is 0 Å². The van der Waals surface area contributed by atoms with E-state index in [1.807, 2.05) is 11.8 Å². The minimum atomic E-state index is -0.361. The standard InChI is InChI=1S/C22H23FN6O2/c1-2-31-19-8-10-25-22(27-19)29-13-11-28(12-14-29)21(30)18-7-4-9-24-20(18)26-17-6-3-5-16(23)15-17/h3-10,15H,2,11-14H2,1H3,(H,24,26). The first-order chi connectivity index (χ1) is 15.1. The molecule has 0 unspecified atom stereocenters. The predicted octanol–water partition coefficient (Wildman–Crippen LogP) is 3.12. The summed E-state index contributed by atoms with van der Waals surface area (Å²) in [7, 11) is 0. The monoisotopic (exact) mass is 422 g/mol. The Kier molecular flexibility index (Phi) is 6.21. The molecule has 1 N–H and O–H groups in total. The van der Waals surface area contributed by atoms with E-state index in [2.05, 4.69) is 20.3 Å². The molecule has 1 saturated heterocycles. The SMILES string of the molecule is CCOc1ccnc(N2CCN(C(=O)c3cccnc3Nc3cccc(F)c3)CC2)n1. The second-order valence-electron chi connectivity index (χ2n) is 6.94. The van der Waals surface area contributed by atoms with E-state index in [0.29, 0.717) is 61.7 Å². The summed E-state index contributed by atoms with van der Waals surface area (Å²) in [5.41, 5.74) is 0.971. The number of carbonyl (C=O) groups excluding carboxylic acids is 1. The maximum atomic E-state index is 13.5. The van der Waals surface area contributed by atoms with Crippen LogP contribution < -0.4 is 15.0 Å². The Morgan fingerprint density at radius 3 is 2.71 bits per heavy atom. The first-order valence-corrected chi connectivity index (χ1v) is 10.1. The second kappa shape index (κ2) is 9.38. The number of nitrogens with zero attached hydrogens (tertiary/aromatic N) is 5. The average molecular weight is 422 g/mol. The number of nitrogens with one attached hydrogen (secondary N) is 1. The summed E-state index contributed by atoms with van der Waals surface area (Å²) >= 11 is 0. The van der Waals surface area contributed by atoms with Gasteiger partial charge in [0.25, 0.3) is 5.91 Å². The van der Waals surface area contributed by atoms with Crippen molar-refractivity contribution in [2.45, 2.75) is 6.92 Å². The van der Waals surface area contributed by atoms with Crippen LogP contribution in [0.2, 0.25) is 0 Å². The van der Waals surface area contributed by atoms with Crippen LogP contribution in [0.5, 0.6) is 5.88 Å². The Morgan fingerprint density at radius 2 is 1.94 bits per heavy atom. The number of pyridine rings is 1. The smallest absolute Gasteiger partial charge is 0.257 e. The highest BCUT2D eigenvalue weighted by atomic mass is 19.1. The fraction of sp³-hybridized carbons (Fsp3) is 0.273. The molecule has 0 spiro atoms. The van der Waals surface area contributed by atoms with Crippen LogP contribution in [-0.4, -0.2) is 58.5 Å². The molecule has 1 aliphatic rings. The third kappa shape index (κ3) is 4.88. The quantitative estimate of drug-likeness (QED) is 0.653. The Bertz CT molecular complexity index is 1060. The van der Waals surface area contributed by atoms with Gasteiger partial charge in [-0.25, -0.2) is 14.4 Å². The van der Waals surface area contributed by atoms with Crippen molar-refractivity contribution in [2.24, 2.45) is 0 Å². The molecule has 0 saturated carbocycles. The minimum absolute atomic E-state index is 0.129. The lowest BCUT2D eigenvalue weighted by Gasteiger charge is -2.35. The number of amides is 1. The van der Waals surface area contributed by atoms with Crippen molar-refractivity contribution in [3.8, 4) is 5.88 Å². The summed E-state index contributed by atoms with van der Waals surface area (Å²) in [5.74, 6) is 1.03. The van der Waals surface area contributed by atoms with E-state index in [1.54, 1.807) is 47.6 Å². The molecule has 3 heterocycles. The van der Waals surface area contributed by atoms with E-state index in [1.165, 1.54) is 12.1 Å². The number of piperazine rings is 1. The van der Waals surface area contributed by atoms with Crippen LogP contribution in [0.3, 0.4) is 0 Å². The molecular formula is C22H23FN6O2. The van der Waals surface area contributed by atoms with Crippen LogP contribution in [0, 0.1) is 5.82 Å². The maximum absolute atomic E-state index is 13.5. The van der Waals surface area contributed by atoms with Crippen molar-refractivity contribution < 1.29 is 13.9 Å². The fourth-order valence-corrected chi connectivity index (χ4v) is 3.37. The summed E-state index contributed by atoms with van der Waals surface area (Å²) in [6.45, 7) is 4.70. The first-order valence-electron chi connectivity index (χ1n) is 10.1. The molecule has 160 valence electrons. The minimum Gasteiger partial charge on any atom is -0.478 e. The number of benzene rings is 1. The van der Waals surface area contributed by atoms with Crippen molar-refractivity contribution in [3.63, 3.8) is 0 Å². The highest BCUT2D eigenvalue weighted by Crippen LogP contribution is 2.22. The van der Waals surface area contributed by atoms with Crippen molar-refractivity contribution in [2.75, 3.05) is 43.0 Å². The number of ether oxygens (including phenoxy) is 1. The molecular weight excluding hydrogens is 399 g/mol. The number of halogens is 1. The van der Waals surface area contributed by atoms with E-state index in [-0.39, 0.29) is 11.7 Å². The maximum Gasteiger partial charge on any atom is 0.257 e. The van der Waals surface area contributed by atoms with Gasteiger partial charge in [0.1, 0.15) is 11.6 Å². The molecule has 31 heavy (non-hydrogen) atoms. The molecule has 0 bridgehead atoms. The van der Waals surface area contributed by atoms with Gasteiger partial charge in [0, 0.05) is 50.3 Å². The van der Waals surface area contributed by atoms with Gasteiger partial charge in [-0.15, -0.1) is 0 Å². The van der Waals surface area contributed by atoms with Crippen molar-refractivity contribution in [3.05, 3.63) is 66.2 Å². The molecule has 1 aromatic carbocycles. The Morgan fingerprint density at radius 1 is 1.10 bits per heavy atom. The molecule has 9 heteroatoms. The lowest BCUT2D eigenvalue weighted by Crippen LogP contribution is -2.49. The summed E-state index contributed by atoms with van der Waals surface area (Å²) in [4.78, 5) is 30.0. The lowest BCUT2D eigenvalue weighted by molar-refractivity contribution is 0.0747. The van der Waals surface area contributed by atoms with Crippen molar-refractivity contribution in [1.82, 2.24) is 19.9 Å². The van der Waals surface area contributed by atoms with E-state index in [0.717, 1.165) is 0 Å². The zero-order valence-electron chi connectivity index (χ0n) is 17.2. The van der Waals surface area contributed by atoms with Gasteiger partial charge in [-0.1, -0.05) is 6.07 Å². The number of hydrogen-bond donors (Lipinski definition) is 1.